The monoisotopic (exact) mass is 629 g/mol. The van der Waals surface area contributed by atoms with Crippen molar-refractivity contribution in [1.29, 1.82) is 0 Å². The Hall–Kier alpha value is -5.32. The quantitative estimate of drug-likeness (QED) is 0.146. The number of aryl methyl sites for hydroxylation is 1. The highest BCUT2D eigenvalue weighted by molar-refractivity contribution is 6.31. The van der Waals surface area contributed by atoms with E-state index in [1.807, 2.05) is 0 Å². The zero-order valence-electron chi connectivity index (χ0n) is 22.2. The first-order valence-electron chi connectivity index (χ1n) is 12.6. The minimum atomic E-state index is -4.64. The molecule has 6 aromatic rings. The van der Waals surface area contributed by atoms with Gasteiger partial charge in [0.2, 0.25) is 5.69 Å². The van der Waals surface area contributed by atoms with E-state index >= 15 is 4.39 Å². The number of halogens is 6. The highest BCUT2D eigenvalue weighted by Gasteiger charge is 2.33. The Morgan fingerprint density at radius 2 is 1.84 bits per heavy atom. The van der Waals surface area contributed by atoms with Gasteiger partial charge in [0.15, 0.2) is 12.0 Å². The second-order valence-electron chi connectivity index (χ2n) is 9.51. The summed E-state index contributed by atoms with van der Waals surface area (Å²) in [6, 6.07) is 6.83. The predicted octanol–water partition coefficient (Wildman–Crippen LogP) is 4.13. The second-order valence-corrected chi connectivity index (χ2v) is 9.92. The number of nitrogens with zero attached hydrogens (tertiary/aromatic N) is 11. The molecule has 0 spiro atoms. The third-order valence-corrected chi connectivity index (χ3v) is 7.06. The van der Waals surface area contributed by atoms with Crippen molar-refractivity contribution in [2.45, 2.75) is 18.6 Å². The van der Waals surface area contributed by atoms with Crippen LogP contribution in [0.2, 0.25) is 5.02 Å². The van der Waals surface area contributed by atoms with Crippen LogP contribution in [0.15, 0.2) is 67.5 Å². The van der Waals surface area contributed by atoms with Gasteiger partial charge in [0, 0.05) is 37.5 Å². The molecule has 0 unspecified atom stereocenters. The molecule has 0 N–H and O–H groups in total. The maximum atomic E-state index is 15.3. The van der Waals surface area contributed by atoms with Crippen molar-refractivity contribution in [1.82, 2.24) is 50.0 Å². The van der Waals surface area contributed by atoms with E-state index in [1.54, 1.807) is 0 Å². The summed E-state index contributed by atoms with van der Waals surface area (Å²) in [7, 11) is 1.48. The van der Waals surface area contributed by atoms with Crippen LogP contribution >= 0.6 is 11.6 Å². The van der Waals surface area contributed by atoms with Gasteiger partial charge in [-0.1, -0.05) is 28.0 Å². The molecule has 1 aromatic carbocycles. The molecule has 1 atom stereocenters. The molecule has 0 saturated carbocycles. The third kappa shape index (κ3) is 5.32. The highest BCUT2D eigenvalue weighted by Crippen LogP contribution is 2.34. The maximum Gasteiger partial charge on any atom is 0.433 e. The fourth-order valence-corrected chi connectivity index (χ4v) is 4.87. The van der Waals surface area contributed by atoms with Gasteiger partial charge in [-0.15, -0.1) is 5.10 Å². The second kappa shape index (κ2) is 11.1. The Morgan fingerprint density at radius 1 is 1.02 bits per heavy atom. The van der Waals surface area contributed by atoms with Gasteiger partial charge in [0.1, 0.15) is 23.8 Å². The molecular weight excluding hydrogens is 613 g/mol. The van der Waals surface area contributed by atoms with E-state index in [4.69, 9.17) is 11.6 Å². The molecule has 12 nitrogen and oxygen atoms in total. The molecule has 0 radical (unpaired) electrons. The smallest absolute Gasteiger partial charge is 0.433 e. The van der Waals surface area contributed by atoms with Crippen molar-refractivity contribution in [3.05, 3.63) is 106 Å². The number of tetrazole rings is 1. The zero-order valence-corrected chi connectivity index (χ0v) is 23.0. The molecule has 224 valence electrons. The Labute approximate surface area is 248 Å². The molecule has 0 fully saturated rings. The molecule has 0 saturated heterocycles. The lowest BCUT2D eigenvalue weighted by atomic mass is 10.0. The molecule has 5 heterocycles. The van der Waals surface area contributed by atoms with Gasteiger partial charge in [-0.2, -0.15) is 32.1 Å². The van der Waals surface area contributed by atoms with Gasteiger partial charge in [-0.3, -0.25) is 9.67 Å². The number of hydrogen-bond donors (Lipinski definition) is 0. The third-order valence-electron chi connectivity index (χ3n) is 6.77. The van der Waals surface area contributed by atoms with E-state index in [1.165, 1.54) is 70.1 Å². The summed E-state index contributed by atoms with van der Waals surface area (Å²) in [5, 5.41) is 35.6. The molecule has 5 aromatic heterocycles. The van der Waals surface area contributed by atoms with Crippen LogP contribution in [0, 0.1) is 17.0 Å². The van der Waals surface area contributed by atoms with Crippen LogP contribution in [0.4, 0.5) is 22.0 Å². The number of aromatic nitrogens is 11. The normalized spacial score (nSPS) is 12.5. The van der Waals surface area contributed by atoms with Gasteiger partial charge in [-0.05, 0) is 40.3 Å². The first-order chi connectivity index (χ1) is 21.0. The first kappa shape index (κ1) is 28.8. The summed E-state index contributed by atoms with van der Waals surface area (Å²) in [5.74, 6) is -1.66. The predicted molar refractivity (Wildman–Crippen MR) is 142 cm³/mol. The minimum Gasteiger partial charge on any atom is -0.618 e. The Bertz CT molecular complexity index is 1940. The maximum absolute atomic E-state index is 15.3. The van der Waals surface area contributed by atoms with Crippen LogP contribution in [0.1, 0.15) is 23.0 Å². The van der Waals surface area contributed by atoms with Gasteiger partial charge in [-0.25, -0.2) is 9.07 Å². The average Bonchev–Trinajstić information content (AvgIpc) is 3.75. The highest BCUT2D eigenvalue weighted by atomic mass is 35.5. The summed E-state index contributed by atoms with van der Waals surface area (Å²) in [4.78, 5) is 3.51. The molecule has 0 aliphatic heterocycles. The van der Waals surface area contributed by atoms with Crippen molar-refractivity contribution >= 4 is 11.6 Å². The summed E-state index contributed by atoms with van der Waals surface area (Å²) >= 11 is 6.05. The van der Waals surface area contributed by atoms with E-state index < -0.39 is 29.7 Å². The van der Waals surface area contributed by atoms with Crippen LogP contribution in [-0.4, -0.2) is 50.0 Å². The molecule has 0 bridgehead atoms. The zero-order chi connectivity index (χ0) is 31.2. The van der Waals surface area contributed by atoms with Crippen LogP contribution < -0.4 is 4.73 Å². The lowest BCUT2D eigenvalue weighted by Crippen LogP contribution is -2.36. The largest absolute Gasteiger partial charge is 0.618 e. The lowest BCUT2D eigenvalue weighted by molar-refractivity contribution is -0.615. The average molecular weight is 630 g/mol. The SMILES string of the molecule is Cn1nnc(F)c1-c1cnn([C@H](Cc2ccc(C(F)(F)F)nc2)c2ccc(-c3c(-n4cnnn4)ccc(Cl)c3F)c[n+]2[O-])c1. The standard InChI is InChI=1S/C26H17ClF5N11O/c1-40-24(25(29)36-38-40)16-10-35-41(11-16)20(8-14-2-7-21(33-9-14)26(30,31)32)18-5-3-15(12-43(18)44)22-19(42-13-34-37-39-42)6-4-17(27)23(22)28/h2-7,9-13,20H,8H2,1H3/t20-/m1/s1. The molecule has 0 aliphatic carbocycles. The van der Waals surface area contributed by atoms with Crippen LogP contribution in [-0.2, 0) is 19.6 Å². The van der Waals surface area contributed by atoms with E-state index in [2.05, 4.69) is 35.9 Å². The lowest BCUT2D eigenvalue weighted by Gasteiger charge is -2.19. The summed E-state index contributed by atoms with van der Waals surface area (Å²) in [6.45, 7) is 0. The van der Waals surface area contributed by atoms with Gasteiger partial charge in [0.25, 0.3) is 5.95 Å². The van der Waals surface area contributed by atoms with E-state index in [9.17, 15) is 22.8 Å². The van der Waals surface area contributed by atoms with Crippen LogP contribution in [0.25, 0.3) is 28.1 Å². The van der Waals surface area contributed by atoms with E-state index in [-0.39, 0.29) is 45.2 Å². The molecule has 44 heavy (non-hydrogen) atoms. The molecule has 0 aliphatic rings. The number of rotatable bonds is 7. The summed E-state index contributed by atoms with van der Waals surface area (Å²) < 4.78 is 73.2. The Balaban J connectivity index is 1.44. The number of alkyl halides is 3. The first-order valence-corrected chi connectivity index (χ1v) is 13.0. The number of benzene rings is 1. The summed E-state index contributed by atoms with van der Waals surface area (Å²) in [5.41, 5.74) is -0.0463. The van der Waals surface area contributed by atoms with Crippen molar-refractivity contribution in [2.24, 2.45) is 7.05 Å². The van der Waals surface area contributed by atoms with E-state index in [0.717, 1.165) is 18.5 Å². The fraction of sp³-hybridized carbons (Fsp3) is 0.154. The van der Waals surface area contributed by atoms with Crippen LogP contribution in [0.3, 0.4) is 0 Å². The van der Waals surface area contributed by atoms with Crippen molar-refractivity contribution in [3.63, 3.8) is 0 Å². The van der Waals surface area contributed by atoms with Crippen molar-refractivity contribution in [2.75, 3.05) is 0 Å². The van der Waals surface area contributed by atoms with Gasteiger partial charge < -0.3 is 5.21 Å². The topological polar surface area (TPSA) is 132 Å². The van der Waals surface area contributed by atoms with E-state index in [0.29, 0.717) is 10.3 Å². The molecular formula is C26H17ClF5N11O. The van der Waals surface area contributed by atoms with Crippen molar-refractivity contribution < 1.29 is 26.7 Å². The van der Waals surface area contributed by atoms with Crippen molar-refractivity contribution in [3.8, 4) is 28.1 Å². The fourth-order valence-electron chi connectivity index (χ4n) is 4.71. The molecule has 0 amide bonds. The number of pyridine rings is 2. The Kier molecular flexibility index (Phi) is 7.24. The minimum absolute atomic E-state index is 0.0307. The molecule has 18 heteroatoms. The van der Waals surface area contributed by atoms with Crippen LogP contribution in [0.5, 0.6) is 0 Å². The van der Waals surface area contributed by atoms with Gasteiger partial charge in [0.05, 0.1) is 28.0 Å². The Morgan fingerprint density at radius 3 is 2.48 bits per heavy atom. The van der Waals surface area contributed by atoms with Gasteiger partial charge >= 0.3 is 6.18 Å². The molecule has 6 rings (SSSR count). The summed E-state index contributed by atoms with van der Waals surface area (Å²) in [6.07, 6.45) is 1.52. The number of hydrogen-bond acceptors (Lipinski definition) is 8.